The Bertz CT molecular complexity index is 1360. The number of aliphatic imine (C=N–C) groups is 1. The highest BCUT2D eigenvalue weighted by atomic mass is 32.3. The van der Waals surface area contributed by atoms with E-state index < -0.39 is 21.7 Å². The molecule has 2 heterocycles. The number of ether oxygens (including phenoxy) is 1. The molecule has 0 saturated heterocycles. The van der Waals surface area contributed by atoms with Crippen LogP contribution in [-0.4, -0.2) is 46.4 Å². The second kappa shape index (κ2) is 8.75. The van der Waals surface area contributed by atoms with Gasteiger partial charge in [-0.1, -0.05) is 36.8 Å². The Hall–Kier alpha value is -3.57. The number of amidine groups is 2. The maximum Gasteiger partial charge on any atom is 0.343 e. The summed E-state index contributed by atoms with van der Waals surface area (Å²) in [6.07, 6.45) is 1.45. The molecule has 0 unspecified atom stereocenters. The van der Waals surface area contributed by atoms with Crippen LogP contribution >= 0.6 is 11.8 Å². The zero-order chi connectivity index (χ0) is 23.8. The van der Waals surface area contributed by atoms with Crippen molar-refractivity contribution in [3.05, 3.63) is 70.8 Å². The van der Waals surface area contributed by atoms with Gasteiger partial charge in [0.15, 0.2) is 5.84 Å². The lowest BCUT2D eigenvalue weighted by atomic mass is 10.1. The van der Waals surface area contributed by atoms with Crippen molar-refractivity contribution in [1.29, 1.82) is 5.41 Å². The molecule has 1 amide bonds. The highest BCUT2D eigenvalue weighted by Crippen LogP contribution is 2.30. The number of amides is 1. The van der Waals surface area contributed by atoms with Crippen LogP contribution in [-0.2, 0) is 14.6 Å². The van der Waals surface area contributed by atoms with Crippen LogP contribution in [0.1, 0.15) is 28.4 Å². The summed E-state index contributed by atoms with van der Waals surface area (Å²) in [6, 6.07) is 13.4. The minimum Gasteiger partial charge on any atom is -0.423 e. The summed E-state index contributed by atoms with van der Waals surface area (Å²) in [5.74, 6) is -1.25. The Morgan fingerprint density at radius 3 is 2.45 bits per heavy atom. The number of fused-ring (bicyclic) bond motifs is 1. The number of thioether (sulfide) groups is 1. The molecule has 0 bridgehead atoms. The molecule has 168 valence electrons. The van der Waals surface area contributed by atoms with Gasteiger partial charge in [-0.15, -0.1) is 5.10 Å². The normalized spacial score (nSPS) is 17.0. The van der Waals surface area contributed by atoms with Gasteiger partial charge < -0.3 is 4.74 Å². The molecule has 2 aromatic carbocycles. The Morgan fingerprint density at radius 1 is 1.15 bits per heavy atom. The lowest BCUT2D eigenvalue weighted by molar-refractivity contribution is -0.114. The van der Waals surface area contributed by atoms with E-state index in [1.165, 1.54) is 13.0 Å². The van der Waals surface area contributed by atoms with Crippen LogP contribution in [0.3, 0.4) is 0 Å². The van der Waals surface area contributed by atoms with E-state index >= 15 is 0 Å². The molecule has 33 heavy (non-hydrogen) atoms. The number of hydrogen-bond acceptors (Lipinski definition) is 8. The van der Waals surface area contributed by atoms with E-state index in [0.717, 1.165) is 22.3 Å². The Morgan fingerprint density at radius 2 is 1.82 bits per heavy atom. The van der Waals surface area contributed by atoms with E-state index in [2.05, 4.69) is 10.1 Å². The number of hydrogen-bond donors (Lipinski definition) is 1. The first-order chi connectivity index (χ1) is 15.7. The SMILES string of the molecule is CCS(=O)(=O)C1=NN2C(=N)/C(=C\c3ccc(OC(=O)c4ccc(C)cc4)cc3)C(=O)N=C2S1. The van der Waals surface area contributed by atoms with Gasteiger partial charge in [-0.2, -0.15) is 10.0 Å². The molecule has 0 aliphatic carbocycles. The maximum atomic E-state index is 12.5. The fourth-order valence-corrected chi connectivity index (χ4v) is 5.04. The first kappa shape index (κ1) is 22.6. The lowest BCUT2D eigenvalue weighted by Crippen LogP contribution is -2.35. The van der Waals surface area contributed by atoms with Gasteiger partial charge in [0.05, 0.1) is 16.9 Å². The van der Waals surface area contributed by atoms with Crippen molar-refractivity contribution >= 4 is 54.9 Å². The second-order valence-electron chi connectivity index (χ2n) is 7.11. The van der Waals surface area contributed by atoms with Gasteiger partial charge in [-0.05, 0) is 54.6 Å². The first-order valence-corrected chi connectivity index (χ1v) is 12.3. The van der Waals surface area contributed by atoms with Crippen molar-refractivity contribution in [3.63, 3.8) is 0 Å². The largest absolute Gasteiger partial charge is 0.423 e. The number of carbonyl (C=O) groups is 2. The number of nitrogens with zero attached hydrogens (tertiary/aromatic N) is 3. The van der Waals surface area contributed by atoms with Crippen molar-refractivity contribution in [2.75, 3.05) is 5.75 Å². The zero-order valence-corrected chi connectivity index (χ0v) is 19.2. The monoisotopic (exact) mass is 482 g/mol. The fourth-order valence-electron chi connectivity index (χ4n) is 2.88. The molecule has 0 spiro atoms. The first-order valence-electron chi connectivity index (χ1n) is 9.80. The molecule has 1 N–H and O–H groups in total. The molecule has 0 aromatic heterocycles. The van der Waals surface area contributed by atoms with Crippen LogP contribution in [0.2, 0.25) is 0 Å². The Balaban J connectivity index is 1.52. The summed E-state index contributed by atoms with van der Waals surface area (Å²) in [5.41, 5.74) is 1.98. The highest BCUT2D eigenvalue weighted by molar-refractivity contribution is 8.42. The van der Waals surface area contributed by atoms with Gasteiger partial charge in [-0.25, -0.2) is 13.2 Å². The summed E-state index contributed by atoms with van der Waals surface area (Å²) in [4.78, 5) is 28.6. The van der Waals surface area contributed by atoms with E-state index in [1.807, 2.05) is 19.1 Å². The third-order valence-electron chi connectivity index (χ3n) is 4.77. The van der Waals surface area contributed by atoms with E-state index in [4.69, 9.17) is 10.1 Å². The van der Waals surface area contributed by atoms with E-state index in [1.54, 1.807) is 36.4 Å². The van der Waals surface area contributed by atoms with E-state index in [-0.39, 0.29) is 26.7 Å². The molecule has 2 aliphatic rings. The summed E-state index contributed by atoms with van der Waals surface area (Å²) in [5, 5.41) is 13.4. The average Bonchev–Trinajstić information content (AvgIpc) is 3.23. The second-order valence-corrected chi connectivity index (χ2v) is 10.5. The van der Waals surface area contributed by atoms with Gasteiger partial charge in [-0.3, -0.25) is 10.2 Å². The molecule has 11 heteroatoms. The number of rotatable bonds is 4. The lowest BCUT2D eigenvalue weighted by Gasteiger charge is -2.20. The van der Waals surface area contributed by atoms with Crippen molar-refractivity contribution < 1.29 is 22.7 Å². The smallest absolute Gasteiger partial charge is 0.343 e. The summed E-state index contributed by atoms with van der Waals surface area (Å²) in [7, 11) is -3.59. The molecule has 0 saturated carbocycles. The van der Waals surface area contributed by atoms with Gasteiger partial charge in [0.25, 0.3) is 5.91 Å². The maximum absolute atomic E-state index is 12.5. The quantitative estimate of drug-likeness (QED) is 0.402. The highest BCUT2D eigenvalue weighted by Gasteiger charge is 2.39. The summed E-state index contributed by atoms with van der Waals surface area (Å²) in [6.45, 7) is 3.41. The van der Waals surface area contributed by atoms with Gasteiger partial charge in [0.1, 0.15) is 5.75 Å². The minimum atomic E-state index is -3.59. The van der Waals surface area contributed by atoms with E-state index in [9.17, 15) is 18.0 Å². The topological polar surface area (TPSA) is 129 Å². The number of carbonyl (C=O) groups excluding carboxylic acids is 2. The van der Waals surface area contributed by atoms with E-state index in [0.29, 0.717) is 16.9 Å². The summed E-state index contributed by atoms with van der Waals surface area (Å²) < 4.78 is 29.3. The Labute approximate surface area is 194 Å². The number of nitrogens with one attached hydrogen (secondary N) is 1. The average molecular weight is 483 g/mol. The van der Waals surface area contributed by atoms with Crippen LogP contribution in [0.15, 0.2) is 64.2 Å². The number of hydrazone groups is 1. The standard InChI is InChI=1S/C22H18N4O5S2/c1-3-33(29,30)22-25-26-18(23)17(19(27)24-21(26)32-22)12-14-6-10-16(11-7-14)31-20(28)15-8-4-13(2)5-9-15/h4-12,23H,3H2,1-2H3/b17-12+,23-18?. The minimum absolute atomic E-state index is 0.0348. The van der Waals surface area contributed by atoms with Crippen molar-refractivity contribution in [2.45, 2.75) is 13.8 Å². The molecule has 0 radical (unpaired) electrons. The number of esters is 1. The van der Waals surface area contributed by atoms with Crippen molar-refractivity contribution in [3.8, 4) is 5.75 Å². The van der Waals surface area contributed by atoms with Crippen LogP contribution in [0.25, 0.3) is 6.08 Å². The molecule has 4 rings (SSSR count). The van der Waals surface area contributed by atoms with Crippen molar-refractivity contribution in [2.24, 2.45) is 10.1 Å². The van der Waals surface area contributed by atoms with Crippen LogP contribution < -0.4 is 4.74 Å². The predicted octanol–water partition coefficient (Wildman–Crippen LogP) is 3.23. The van der Waals surface area contributed by atoms with Crippen LogP contribution in [0.5, 0.6) is 5.75 Å². The van der Waals surface area contributed by atoms with Crippen molar-refractivity contribution in [1.82, 2.24) is 5.01 Å². The van der Waals surface area contributed by atoms with Crippen LogP contribution in [0, 0.1) is 12.3 Å². The number of aryl methyl sites for hydroxylation is 1. The number of sulfone groups is 1. The molecular formula is C22H18N4O5S2. The molecule has 2 aliphatic heterocycles. The molecule has 9 nitrogen and oxygen atoms in total. The molecule has 0 atom stereocenters. The third kappa shape index (κ3) is 4.64. The van der Waals surface area contributed by atoms with Gasteiger partial charge in [0, 0.05) is 0 Å². The van der Waals surface area contributed by atoms with Gasteiger partial charge in [0.2, 0.25) is 19.4 Å². The summed E-state index contributed by atoms with van der Waals surface area (Å²) >= 11 is 0.749. The zero-order valence-electron chi connectivity index (χ0n) is 17.6. The fraction of sp³-hybridized carbons (Fsp3) is 0.136. The van der Waals surface area contributed by atoms with Crippen LogP contribution in [0.4, 0.5) is 0 Å². The molecular weight excluding hydrogens is 464 g/mol. The third-order valence-corrected chi connectivity index (χ3v) is 7.86. The molecule has 0 fully saturated rings. The predicted molar refractivity (Wildman–Crippen MR) is 127 cm³/mol. The molecule has 2 aromatic rings. The Kier molecular flexibility index (Phi) is 6.00. The van der Waals surface area contributed by atoms with Gasteiger partial charge >= 0.3 is 5.97 Å². The number of benzene rings is 2.